The monoisotopic (exact) mass is 482 g/mol. The molecule has 0 amide bonds. The molecule has 33 heavy (non-hydrogen) atoms. The van der Waals surface area contributed by atoms with E-state index in [1.54, 1.807) is 6.92 Å². The van der Waals surface area contributed by atoms with Gasteiger partial charge in [0.1, 0.15) is 6.04 Å². The van der Waals surface area contributed by atoms with E-state index in [1.807, 2.05) is 0 Å². The van der Waals surface area contributed by atoms with Gasteiger partial charge in [-0.2, -0.15) is 4.31 Å². The summed E-state index contributed by atoms with van der Waals surface area (Å²) >= 11 is 0. The van der Waals surface area contributed by atoms with Crippen molar-refractivity contribution >= 4 is 26.8 Å². The van der Waals surface area contributed by atoms with Gasteiger partial charge in [-0.1, -0.05) is 6.07 Å². The van der Waals surface area contributed by atoms with E-state index in [9.17, 15) is 28.1 Å². The van der Waals surface area contributed by atoms with Gasteiger partial charge in [0, 0.05) is 36.1 Å². The number of hydrogen-bond acceptors (Lipinski definition) is 9. The number of ether oxygens (including phenoxy) is 1. The number of nitrogens with zero attached hydrogens (tertiary/aromatic N) is 3. The summed E-state index contributed by atoms with van der Waals surface area (Å²) in [6.45, 7) is 1.90. The number of rotatable bonds is 9. The number of sulfonamides is 1. The largest absolute Gasteiger partial charge is 0.467 e. The van der Waals surface area contributed by atoms with Crippen molar-refractivity contribution in [1.82, 2.24) is 8.87 Å². The number of fused-ring (bicyclic) bond motifs is 1. The van der Waals surface area contributed by atoms with Gasteiger partial charge in [-0.25, -0.2) is 13.2 Å². The van der Waals surface area contributed by atoms with Crippen molar-refractivity contribution in [2.75, 3.05) is 26.8 Å². The van der Waals surface area contributed by atoms with Crippen LogP contribution in [-0.2, 0) is 24.4 Å². The van der Waals surface area contributed by atoms with E-state index in [0.717, 1.165) is 0 Å². The standard InChI is InChI=1S/C20H26N4O8S/c1-13-11-23(16(20(26)31-2)6-4-10-32-24(27)28)19(25)15-5-3-7-17(18(13)15)33(29,30)22-9-8-14(21)12-22/h3,5,7,11,14,16H,4,6,8-10,12,21H2,1-2H3/t14?,16-/m0/s1. The molecular weight excluding hydrogens is 456 g/mol. The van der Waals surface area contributed by atoms with Crippen molar-refractivity contribution in [2.45, 2.75) is 43.2 Å². The SMILES string of the molecule is COC(=O)[C@H](CCCO[N+](=O)[O-])n1cc(C)c2c(S(=O)(=O)N3CCC(N)C3)cccc2c1=O. The molecule has 1 aromatic carbocycles. The third-order valence-corrected chi connectivity index (χ3v) is 7.56. The van der Waals surface area contributed by atoms with Crippen LogP contribution in [-0.4, -0.2) is 61.2 Å². The van der Waals surface area contributed by atoms with E-state index in [-0.39, 0.29) is 47.7 Å². The Hall–Kier alpha value is -3.03. The molecule has 2 heterocycles. The molecule has 0 saturated carbocycles. The van der Waals surface area contributed by atoms with Crippen molar-refractivity contribution in [3.63, 3.8) is 0 Å². The fourth-order valence-corrected chi connectivity index (χ4v) is 5.86. The van der Waals surface area contributed by atoms with Gasteiger partial charge in [-0.15, -0.1) is 10.1 Å². The van der Waals surface area contributed by atoms with Crippen LogP contribution in [0.1, 0.15) is 30.9 Å². The number of pyridine rings is 1. The van der Waals surface area contributed by atoms with Crippen LogP contribution in [0, 0.1) is 17.0 Å². The fourth-order valence-electron chi connectivity index (χ4n) is 4.07. The Morgan fingerprint density at radius 3 is 2.73 bits per heavy atom. The van der Waals surface area contributed by atoms with Crippen molar-refractivity contribution in [2.24, 2.45) is 5.73 Å². The lowest BCUT2D eigenvalue weighted by atomic mass is 10.1. The maximum atomic E-state index is 13.3. The molecule has 1 saturated heterocycles. The molecule has 0 bridgehead atoms. The first kappa shape index (κ1) is 24.6. The molecule has 13 heteroatoms. The number of aryl methyl sites for hydroxylation is 1. The summed E-state index contributed by atoms with van der Waals surface area (Å²) in [5.74, 6) is -0.702. The lowest BCUT2D eigenvalue weighted by Gasteiger charge is -2.21. The van der Waals surface area contributed by atoms with Crippen LogP contribution < -0.4 is 11.3 Å². The number of methoxy groups -OCH3 is 1. The normalized spacial score (nSPS) is 17.7. The number of hydrogen-bond donors (Lipinski definition) is 1. The van der Waals surface area contributed by atoms with E-state index in [2.05, 4.69) is 4.84 Å². The quantitative estimate of drug-likeness (QED) is 0.235. The third kappa shape index (κ3) is 4.99. The predicted molar refractivity (Wildman–Crippen MR) is 118 cm³/mol. The van der Waals surface area contributed by atoms with E-state index >= 15 is 0 Å². The van der Waals surface area contributed by atoms with Crippen molar-refractivity contribution in [1.29, 1.82) is 0 Å². The molecule has 1 fully saturated rings. The molecule has 2 atom stereocenters. The van der Waals surface area contributed by atoms with Gasteiger partial charge in [0.15, 0.2) is 0 Å². The van der Waals surface area contributed by atoms with Gasteiger partial charge in [0.05, 0.1) is 18.6 Å². The van der Waals surface area contributed by atoms with Crippen LogP contribution in [0.3, 0.4) is 0 Å². The summed E-state index contributed by atoms with van der Waals surface area (Å²) in [6, 6.07) is 3.13. The van der Waals surface area contributed by atoms with Crippen molar-refractivity contribution in [3.05, 3.63) is 50.4 Å². The number of carbonyl (C=O) groups excluding carboxylic acids is 1. The Morgan fingerprint density at radius 2 is 2.12 bits per heavy atom. The zero-order chi connectivity index (χ0) is 24.3. The second-order valence-corrected chi connectivity index (χ2v) is 9.76. The van der Waals surface area contributed by atoms with E-state index < -0.39 is 32.7 Å². The number of carbonyl (C=O) groups is 1. The molecule has 0 radical (unpaired) electrons. The molecule has 2 aromatic rings. The Morgan fingerprint density at radius 1 is 1.39 bits per heavy atom. The first-order valence-corrected chi connectivity index (χ1v) is 11.8. The van der Waals surface area contributed by atoms with Crippen molar-refractivity contribution in [3.8, 4) is 0 Å². The molecule has 180 valence electrons. The van der Waals surface area contributed by atoms with Crippen LogP contribution in [0.15, 0.2) is 34.1 Å². The predicted octanol–water partition coefficient (Wildman–Crippen LogP) is 0.734. The third-order valence-electron chi connectivity index (χ3n) is 5.65. The minimum atomic E-state index is -3.88. The summed E-state index contributed by atoms with van der Waals surface area (Å²) in [7, 11) is -2.71. The Labute approximate surface area is 190 Å². The zero-order valence-corrected chi connectivity index (χ0v) is 19.1. The van der Waals surface area contributed by atoms with Gasteiger partial charge in [0.2, 0.25) is 10.0 Å². The highest BCUT2D eigenvalue weighted by atomic mass is 32.2. The highest BCUT2D eigenvalue weighted by Gasteiger charge is 2.33. The smallest absolute Gasteiger partial charge is 0.328 e. The van der Waals surface area contributed by atoms with Crippen LogP contribution in [0.5, 0.6) is 0 Å². The highest BCUT2D eigenvalue weighted by Crippen LogP contribution is 2.29. The van der Waals surface area contributed by atoms with Gasteiger partial charge >= 0.3 is 5.97 Å². The molecule has 1 aromatic heterocycles. The summed E-state index contributed by atoms with van der Waals surface area (Å²) < 4.78 is 33.9. The summed E-state index contributed by atoms with van der Waals surface area (Å²) in [4.78, 5) is 40.4. The van der Waals surface area contributed by atoms with E-state index in [1.165, 1.54) is 40.4 Å². The van der Waals surface area contributed by atoms with Crippen LogP contribution >= 0.6 is 0 Å². The number of nitrogens with two attached hydrogens (primary N) is 1. The molecule has 1 aliphatic rings. The molecule has 0 aliphatic carbocycles. The average Bonchev–Trinajstić information content (AvgIpc) is 3.22. The lowest BCUT2D eigenvalue weighted by Crippen LogP contribution is -2.33. The van der Waals surface area contributed by atoms with Crippen LogP contribution in [0.25, 0.3) is 10.8 Å². The van der Waals surface area contributed by atoms with Gasteiger partial charge in [-0.05, 0) is 43.9 Å². The molecule has 2 N–H and O–H groups in total. The van der Waals surface area contributed by atoms with Gasteiger partial charge < -0.3 is 19.9 Å². The maximum absolute atomic E-state index is 13.3. The summed E-state index contributed by atoms with van der Waals surface area (Å²) in [5, 5.41) is 9.83. The first-order valence-electron chi connectivity index (χ1n) is 10.3. The Bertz CT molecular complexity index is 1230. The summed E-state index contributed by atoms with van der Waals surface area (Å²) in [5.41, 5.74) is 5.78. The molecular formula is C20H26N4O8S. The lowest BCUT2D eigenvalue weighted by molar-refractivity contribution is -0.757. The zero-order valence-electron chi connectivity index (χ0n) is 18.3. The minimum absolute atomic E-state index is 0.00449. The molecule has 1 unspecified atom stereocenters. The average molecular weight is 483 g/mol. The van der Waals surface area contributed by atoms with Crippen molar-refractivity contribution < 1.29 is 27.9 Å². The molecule has 0 spiro atoms. The van der Waals surface area contributed by atoms with E-state index in [0.29, 0.717) is 18.5 Å². The fraction of sp³-hybridized carbons (Fsp3) is 0.500. The number of aromatic nitrogens is 1. The maximum Gasteiger partial charge on any atom is 0.328 e. The number of benzene rings is 1. The van der Waals surface area contributed by atoms with Crippen LogP contribution in [0.4, 0.5) is 0 Å². The van der Waals surface area contributed by atoms with E-state index in [4.69, 9.17) is 10.5 Å². The topological polar surface area (TPSA) is 164 Å². The Balaban J connectivity index is 2.07. The van der Waals surface area contributed by atoms with Gasteiger partial charge in [-0.3, -0.25) is 4.79 Å². The second kappa shape index (κ2) is 9.85. The first-order chi connectivity index (χ1) is 15.6. The molecule has 12 nitrogen and oxygen atoms in total. The highest BCUT2D eigenvalue weighted by molar-refractivity contribution is 7.89. The summed E-state index contributed by atoms with van der Waals surface area (Å²) in [6.07, 6.45) is 2.13. The Kier molecular flexibility index (Phi) is 7.34. The van der Waals surface area contributed by atoms with Gasteiger partial charge in [0.25, 0.3) is 10.6 Å². The van der Waals surface area contributed by atoms with Crippen LogP contribution in [0.2, 0.25) is 0 Å². The molecule has 3 rings (SSSR count). The molecule has 1 aliphatic heterocycles. The minimum Gasteiger partial charge on any atom is -0.467 e. The number of esters is 1. The second-order valence-electron chi connectivity index (χ2n) is 7.85.